The Morgan fingerprint density at radius 3 is 2.83 bits per heavy atom. The van der Waals surface area contributed by atoms with Crippen LogP contribution in [0.1, 0.15) is 12.7 Å². The fourth-order valence-electron chi connectivity index (χ4n) is 0.885. The topological polar surface area (TPSA) is 37.5 Å². The molecule has 1 N–H and O–H groups in total. The minimum atomic E-state index is 0.719. The van der Waals surface area contributed by atoms with Crippen LogP contribution in [-0.2, 0) is 0 Å². The van der Waals surface area contributed by atoms with Gasteiger partial charge in [-0.1, -0.05) is 0 Å². The van der Waals surface area contributed by atoms with Gasteiger partial charge in [-0.05, 0) is 35.0 Å². The molecule has 0 aliphatic heterocycles. The van der Waals surface area contributed by atoms with Crippen molar-refractivity contribution in [1.29, 1.82) is 0 Å². The van der Waals surface area contributed by atoms with E-state index in [2.05, 4.69) is 26.2 Å². The van der Waals surface area contributed by atoms with Gasteiger partial charge < -0.3 is 9.73 Å². The number of amidine groups is 1. The minimum Gasteiger partial charge on any atom is -0.446 e. The van der Waals surface area contributed by atoms with Crippen LogP contribution in [0.15, 0.2) is 26.2 Å². The first-order valence-corrected chi connectivity index (χ1v) is 4.53. The van der Waals surface area contributed by atoms with Gasteiger partial charge in [-0.25, -0.2) is 0 Å². The summed E-state index contributed by atoms with van der Waals surface area (Å²) < 4.78 is 6.03. The lowest BCUT2D eigenvalue weighted by Crippen LogP contribution is -2.23. The summed E-state index contributed by atoms with van der Waals surface area (Å²) in [6, 6.07) is 3.72. The maximum absolute atomic E-state index is 5.31. The smallest absolute Gasteiger partial charge is 0.170 e. The van der Waals surface area contributed by atoms with E-state index in [0.717, 1.165) is 22.8 Å². The number of furan rings is 1. The lowest BCUT2D eigenvalue weighted by Gasteiger charge is -2.02. The molecule has 1 aromatic rings. The van der Waals surface area contributed by atoms with Gasteiger partial charge in [-0.15, -0.1) is 0 Å². The highest BCUT2D eigenvalue weighted by Gasteiger charge is 2.05. The summed E-state index contributed by atoms with van der Waals surface area (Å²) in [5, 5.41) is 3.10. The van der Waals surface area contributed by atoms with Crippen LogP contribution in [0.4, 0.5) is 0 Å². The molecule has 0 unspecified atom stereocenters. The lowest BCUT2D eigenvalue weighted by molar-refractivity contribution is 0.528. The quantitative estimate of drug-likeness (QED) is 0.624. The lowest BCUT2D eigenvalue weighted by atomic mass is 10.4. The number of halogens is 1. The first-order valence-electron chi connectivity index (χ1n) is 3.74. The van der Waals surface area contributed by atoms with Gasteiger partial charge in [0, 0.05) is 13.6 Å². The molecule has 0 atom stereocenters. The van der Waals surface area contributed by atoms with Crippen LogP contribution in [0.25, 0.3) is 0 Å². The molecule has 0 amide bonds. The Kier molecular flexibility index (Phi) is 3.34. The highest BCUT2D eigenvalue weighted by Crippen LogP contribution is 2.13. The van der Waals surface area contributed by atoms with Crippen molar-refractivity contribution in [2.45, 2.75) is 6.92 Å². The van der Waals surface area contributed by atoms with Crippen LogP contribution in [-0.4, -0.2) is 19.4 Å². The number of hydrogen-bond acceptors (Lipinski definition) is 2. The minimum absolute atomic E-state index is 0.719. The highest BCUT2D eigenvalue weighted by atomic mass is 79.9. The molecular weight excluding hydrogens is 220 g/mol. The van der Waals surface area contributed by atoms with Gasteiger partial charge in [-0.3, -0.25) is 4.99 Å². The van der Waals surface area contributed by atoms with E-state index >= 15 is 0 Å². The number of nitrogens with one attached hydrogen (secondary N) is 1. The molecule has 0 fully saturated rings. The number of aliphatic imine (C=N–C) groups is 1. The van der Waals surface area contributed by atoms with E-state index in [0.29, 0.717) is 0 Å². The third-order valence-electron chi connectivity index (χ3n) is 1.37. The standard InChI is InChI=1S/C8H11BrN2O/c1-3-11-8(10-2)6-4-5-7(9)12-6/h4-5H,3H2,1-2H3,(H,10,11). The van der Waals surface area contributed by atoms with Crippen molar-refractivity contribution >= 4 is 21.8 Å². The zero-order valence-electron chi connectivity index (χ0n) is 7.10. The summed E-state index contributed by atoms with van der Waals surface area (Å²) in [5.74, 6) is 1.54. The van der Waals surface area contributed by atoms with E-state index in [9.17, 15) is 0 Å². The van der Waals surface area contributed by atoms with Crippen molar-refractivity contribution in [3.63, 3.8) is 0 Å². The summed E-state index contributed by atoms with van der Waals surface area (Å²) in [6.45, 7) is 2.86. The second kappa shape index (κ2) is 4.30. The van der Waals surface area contributed by atoms with Crippen molar-refractivity contribution in [3.8, 4) is 0 Å². The van der Waals surface area contributed by atoms with E-state index in [1.54, 1.807) is 7.05 Å². The van der Waals surface area contributed by atoms with Crippen LogP contribution < -0.4 is 5.32 Å². The van der Waals surface area contributed by atoms with E-state index in [1.807, 2.05) is 19.1 Å². The Bertz CT molecular complexity index is 280. The SMILES string of the molecule is CCNC(=NC)c1ccc(Br)o1. The first-order chi connectivity index (χ1) is 5.77. The summed E-state index contributed by atoms with van der Waals surface area (Å²) in [6.07, 6.45) is 0. The largest absolute Gasteiger partial charge is 0.446 e. The van der Waals surface area contributed by atoms with Gasteiger partial charge in [0.2, 0.25) is 0 Å². The Morgan fingerprint density at radius 2 is 2.42 bits per heavy atom. The third-order valence-corrected chi connectivity index (χ3v) is 1.80. The average Bonchev–Trinajstić information content (AvgIpc) is 2.47. The average molecular weight is 231 g/mol. The zero-order valence-corrected chi connectivity index (χ0v) is 8.68. The molecule has 0 saturated heterocycles. The molecule has 3 nitrogen and oxygen atoms in total. The molecule has 4 heteroatoms. The van der Waals surface area contributed by atoms with Crippen molar-refractivity contribution in [1.82, 2.24) is 5.32 Å². The molecule has 1 rings (SSSR count). The molecule has 1 heterocycles. The molecule has 66 valence electrons. The zero-order chi connectivity index (χ0) is 8.97. The Balaban J connectivity index is 2.81. The van der Waals surface area contributed by atoms with Crippen LogP contribution in [0.5, 0.6) is 0 Å². The molecular formula is C8H11BrN2O. The van der Waals surface area contributed by atoms with Gasteiger partial charge in [0.15, 0.2) is 16.3 Å². The Hall–Kier alpha value is -0.770. The summed E-state index contributed by atoms with van der Waals surface area (Å²) >= 11 is 3.23. The molecule has 0 aliphatic rings. The van der Waals surface area contributed by atoms with Gasteiger partial charge in [0.1, 0.15) is 0 Å². The summed E-state index contributed by atoms with van der Waals surface area (Å²) in [4.78, 5) is 4.05. The maximum Gasteiger partial charge on any atom is 0.170 e. The van der Waals surface area contributed by atoms with Crippen LogP contribution in [0, 0.1) is 0 Å². The molecule has 0 saturated carbocycles. The van der Waals surface area contributed by atoms with Crippen LogP contribution in [0.2, 0.25) is 0 Å². The first kappa shape index (κ1) is 9.32. The predicted molar refractivity (Wildman–Crippen MR) is 52.5 cm³/mol. The number of nitrogens with zero attached hydrogens (tertiary/aromatic N) is 1. The van der Waals surface area contributed by atoms with Crippen molar-refractivity contribution in [2.24, 2.45) is 4.99 Å². The second-order valence-corrected chi connectivity index (χ2v) is 2.99. The molecule has 0 aliphatic carbocycles. The maximum atomic E-state index is 5.31. The Morgan fingerprint density at radius 1 is 1.67 bits per heavy atom. The summed E-state index contributed by atoms with van der Waals surface area (Å²) in [5.41, 5.74) is 0. The van der Waals surface area contributed by atoms with Gasteiger partial charge >= 0.3 is 0 Å². The fourth-order valence-corrected chi connectivity index (χ4v) is 1.19. The van der Waals surface area contributed by atoms with E-state index in [-0.39, 0.29) is 0 Å². The predicted octanol–water partition coefficient (Wildman–Crippen LogP) is 2.03. The summed E-state index contributed by atoms with van der Waals surface area (Å²) in [7, 11) is 1.73. The van der Waals surface area contributed by atoms with Crippen LogP contribution in [0.3, 0.4) is 0 Å². The molecule has 0 bridgehead atoms. The molecule has 1 aromatic heterocycles. The van der Waals surface area contributed by atoms with E-state index in [1.165, 1.54) is 0 Å². The van der Waals surface area contributed by atoms with Gasteiger partial charge in [0.25, 0.3) is 0 Å². The molecule has 12 heavy (non-hydrogen) atoms. The third kappa shape index (κ3) is 2.11. The monoisotopic (exact) mass is 230 g/mol. The Labute approximate surface area is 80.0 Å². The molecule has 0 aromatic carbocycles. The van der Waals surface area contributed by atoms with Gasteiger partial charge in [0.05, 0.1) is 0 Å². The van der Waals surface area contributed by atoms with E-state index < -0.39 is 0 Å². The second-order valence-electron chi connectivity index (χ2n) is 2.21. The number of hydrogen-bond donors (Lipinski definition) is 1. The molecule has 0 radical (unpaired) electrons. The number of rotatable bonds is 2. The van der Waals surface area contributed by atoms with E-state index in [4.69, 9.17) is 4.42 Å². The normalized spacial score (nSPS) is 11.8. The van der Waals surface area contributed by atoms with Crippen molar-refractivity contribution in [3.05, 3.63) is 22.6 Å². The van der Waals surface area contributed by atoms with Crippen molar-refractivity contribution in [2.75, 3.05) is 13.6 Å². The van der Waals surface area contributed by atoms with Crippen molar-refractivity contribution < 1.29 is 4.42 Å². The van der Waals surface area contributed by atoms with Gasteiger partial charge in [-0.2, -0.15) is 0 Å². The molecule has 0 spiro atoms. The van der Waals surface area contributed by atoms with Crippen LogP contribution >= 0.6 is 15.9 Å². The highest BCUT2D eigenvalue weighted by molar-refractivity contribution is 9.10. The fraction of sp³-hybridized carbons (Fsp3) is 0.375.